The average molecular weight is 274 g/mol. The molecule has 1 aliphatic rings. The smallest absolute Gasteiger partial charge is 0.0449 e. The van der Waals surface area contributed by atoms with Crippen LogP contribution in [0.4, 0.5) is 0 Å². The molecule has 94 valence electrons. The van der Waals surface area contributed by atoms with E-state index >= 15 is 0 Å². The number of aliphatic hydroxyl groups excluding tert-OH is 1. The third-order valence-corrected chi connectivity index (χ3v) is 3.69. The Balaban J connectivity index is 2.24. The van der Waals surface area contributed by atoms with Crippen LogP contribution in [0.15, 0.2) is 18.2 Å². The van der Waals surface area contributed by atoms with E-state index in [0.717, 1.165) is 25.1 Å². The molecule has 2 rings (SSSR count). The second kappa shape index (κ2) is 6.05. The molecule has 0 radical (unpaired) electrons. The van der Waals surface area contributed by atoms with Crippen LogP contribution in [0.1, 0.15) is 30.9 Å². The van der Waals surface area contributed by atoms with Crippen molar-refractivity contribution < 1.29 is 5.11 Å². The Morgan fingerprint density at radius 2 is 1.71 bits per heavy atom. The highest BCUT2D eigenvalue weighted by Crippen LogP contribution is 2.31. The highest BCUT2D eigenvalue weighted by Gasteiger charge is 2.23. The van der Waals surface area contributed by atoms with Gasteiger partial charge in [0.05, 0.1) is 0 Å². The summed E-state index contributed by atoms with van der Waals surface area (Å²) in [5, 5.41) is 10.5. The van der Waals surface area contributed by atoms with Gasteiger partial charge in [0, 0.05) is 22.7 Å². The molecule has 0 aliphatic carbocycles. The second-order valence-corrected chi connectivity index (χ2v) is 5.35. The van der Waals surface area contributed by atoms with Crippen molar-refractivity contribution in [2.45, 2.75) is 25.3 Å². The van der Waals surface area contributed by atoms with Crippen LogP contribution < -0.4 is 0 Å². The molecule has 0 aromatic heterocycles. The van der Waals surface area contributed by atoms with Gasteiger partial charge in [-0.2, -0.15) is 0 Å². The first-order valence-corrected chi connectivity index (χ1v) is 6.77. The predicted octanol–water partition coefficient (Wildman–Crippen LogP) is 3.51. The van der Waals surface area contributed by atoms with Crippen molar-refractivity contribution in [2.75, 3.05) is 19.7 Å². The molecular weight excluding hydrogens is 257 g/mol. The van der Waals surface area contributed by atoms with E-state index in [4.69, 9.17) is 23.2 Å². The number of aliphatic hydroxyl groups is 1. The van der Waals surface area contributed by atoms with Crippen LogP contribution in [0.5, 0.6) is 0 Å². The molecule has 1 aromatic carbocycles. The van der Waals surface area contributed by atoms with Crippen molar-refractivity contribution in [3.63, 3.8) is 0 Å². The van der Waals surface area contributed by atoms with Crippen LogP contribution in [0.2, 0.25) is 10.0 Å². The fraction of sp³-hybridized carbons (Fsp3) is 0.538. The third-order valence-electron chi connectivity index (χ3n) is 3.25. The van der Waals surface area contributed by atoms with Crippen LogP contribution in [0.3, 0.4) is 0 Å². The van der Waals surface area contributed by atoms with Crippen LogP contribution in [-0.4, -0.2) is 29.7 Å². The third kappa shape index (κ3) is 3.35. The molecule has 2 nitrogen and oxygen atoms in total. The monoisotopic (exact) mass is 273 g/mol. The van der Waals surface area contributed by atoms with Gasteiger partial charge in [0.1, 0.15) is 0 Å². The molecule has 0 spiro atoms. The normalized spacial score (nSPS) is 18.5. The van der Waals surface area contributed by atoms with Crippen LogP contribution in [0.25, 0.3) is 0 Å². The number of nitrogens with zero attached hydrogens (tertiary/aromatic N) is 1. The summed E-state index contributed by atoms with van der Waals surface area (Å²) in [5.41, 5.74) is 1.11. The fourth-order valence-electron chi connectivity index (χ4n) is 2.50. The fourth-order valence-corrected chi connectivity index (χ4v) is 3.05. The molecule has 1 aromatic rings. The zero-order chi connectivity index (χ0) is 12.3. The number of halogens is 2. The number of likely N-dealkylation sites (tertiary alicyclic amines) is 1. The van der Waals surface area contributed by atoms with E-state index in [9.17, 15) is 5.11 Å². The molecule has 0 amide bonds. The first-order chi connectivity index (χ1) is 8.20. The van der Waals surface area contributed by atoms with Crippen molar-refractivity contribution in [1.29, 1.82) is 0 Å². The topological polar surface area (TPSA) is 23.5 Å². The number of hydrogen-bond donors (Lipinski definition) is 1. The molecular formula is C13H17Cl2NO. The van der Waals surface area contributed by atoms with E-state index in [1.807, 2.05) is 12.1 Å². The van der Waals surface area contributed by atoms with E-state index in [2.05, 4.69) is 4.90 Å². The lowest BCUT2D eigenvalue weighted by molar-refractivity contribution is 0.185. The van der Waals surface area contributed by atoms with Crippen molar-refractivity contribution in [1.82, 2.24) is 4.90 Å². The quantitative estimate of drug-likeness (QED) is 0.908. The summed E-state index contributed by atoms with van der Waals surface area (Å²) < 4.78 is 0. The van der Waals surface area contributed by atoms with Crippen molar-refractivity contribution >= 4 is 23.2 Å². The first kappa shape index (κ1) is 13.2. The molecule has 1 fully saturated rings. The zero-order valence-corrected chi connectivity index (χ0v) is 11.2. The summed E-state index contributed by atoms with van der Waals surface area (Å²) in [6.45, 7) is 2.37. The molecule has 1 unspecified atom stereocenters. The Hall–Kier alpha value is -0.280. The maximum atomic E-state index is 9.20. The van der Waals surface area contributed by atoms with Crippen LogP contribution in [0, 0.1) is 0 Å². The van der Waals surface area contributed by atoms with Crippen molar-refractivity contribution in [3.05, 3.63) is 33.8 Å². The van der Waals surface area contributed by atoms with Gasteiger partial charge in [0.15, 0.2) is 0 Å². The predicted molar refractivity (Wildman–Crippen MR) is 71.7 cm³/mol. The summed E-state index contributed by atoms with van der Waals surface area (Å²) in [5.74, 6) is 0. The summed E-state index contributed by atoms with van der Waals surface area (Å²) in [7, 11) is 0. The lowest BCUT2D eigenvalue weighted by Crippen LogP contribution is -2.26. The molecule has 17 heavy (non-hydrogen) atoms. The number of rotatable bonds is 4. The van der Waals surface area contributed by atoms with Gasteiger partial charge in [-0.3, -0.25) is 4.90 Å². The highest BCUT2D eigenvalue weighted by molar-refractivity contribution is 6.34. The molecule has 0 saturated carbocycles. The molecule has 0 bridgehead atoms. The van der Waals surface area contributed by atoms with Gasteiger partial charge in [-0.1, -0.05) is 23.2 Å². The lowest BCUT2D eigenvalue weighted by atomic mass is 10.0. The number of hydrogen-bond acceptors (Lipinski definition) is 2. The lowest BCUT2D eigenvalue weighted by Gasteiger charge is -2.27. The van der Waals surface area contributed by atoms with Crippen LogP contribution >= 0.6 is 23.2 Å². The van der Waals surface area contributed by atoms with Gasteiger partial charge >= 0.3 is 0 Å². The summed E-state index contributed by atoms with van der Waals surface area (Å²) >= 11 is 12.1. The van der Waals surface area contributed by atoms with Gasteiger partial charge in [0.2, 0.25) is 0 Å². The van der Waals surface area contributed by atoms with Gasteiger partial charge in [-0.15, -0.1) is 0 Å². The molecule has 1 aliphatic heterocycles. The zero-order valence-electron chi connectivity index (χ0n) is 9.70. The minimum absolute atomic E-state index is 0.186. The minimum Gasteiger partial charge on any atom is -0.396 e. The molecule has 1 heterocycles. The van der Waals surface area contributed by atoms with Gasteiger partial charge in [-0.05, 0) is 56.1 Å². The highest BCUT2D eigenvalue weighted by atomic mass is 35.5. The maximum Gasteiger partial charge on any atom is 0.0449 e. The second-order valence-electron chi connectivity index (χ2n) is 4.47. The Morgan fingerprint density at radius 3 is 2.24 bits per heavy atom. The van der Waals surface area contributed by atoms with E-state index in [1.54, 1.807) is 6.07 Å². The average Bonchev–Trinajstić information content (AvgIpc) is 2.77. The standard InChI is InChI=1S/C13H17Cl2NO/c14-11-7-10(8-12(15)9-11)13(3-6-17)16-4-1-2-5-16/h7-9,13,17H,1-6H2. The molecule has 1 saturated heterocycles. The van der Waals surface area contributed by atoms with Gasteiger partial charge in [0.25, 0.3) is 0 Å². The maximum absolute atomic E-state index is 9.20. The van der Waals surface area contributed by atoms with Gasteiger partial charge < -0.3 is 5.11 Å². The molecule has 4 heteroatoms. The summed E-state index contributed by atoms with van der Waals surface area (Å²) in [4.78, 5) is 2.40. The van der Waals surface area contributed by atoms with E-state index < -0.39 is 0 Å². The first-order valence-electron chi connectivity index (χ1n) is 6.01. The van der Waals surface area contributed by atoms with Crippen molar-refractivity contribution in [2.24, 2.45) is 0 Å². The SMILES string of the molecule is OCCC(c1cc(Cl)cc(Cl)c1)N1CCCC1. The Labute approximate surface area is 112 Å². The van der Waals surface area contributed by atoms with Crippen LogP contribution in [-0.2, 0) is 0 Å². The summed E-state index contributed by atoms with van der Waals surface area (Å²) in [6.07, 6.45) is 3.20. The van der Waals surface area contributed by atoms with Gasteiger partial charge in [-0.25, -0.2) is 0 Å². The Bertz CT molecular complexity index is 357. The molecule has 1 N–H and O–H groups in total. The Kier molecular flexibility index (Phi) is 4.69. The minimum atomic E-state index is 0.186. The van der Waals surface area contributed by atoms with Crippen molar-refractivity contribution in [3.8, 4) is 0 Å². The van der Waals surface area contributed by atoms with E-state index in [-0.39, 0.29) is 12.6 Å². The van der Waals surface area contributed by atoms with E-state index in [1.165, 1.54) is 12.8 Å². The number of benzene rings is 1. The molecule has 1 atom stereocenters. The largest absolute Gasteiger partial charge is 0.396 e. The summed E-state index contributed by atoms with van der Waals surface area (Å²) in [6, 6.07) is 5.88. The van der Waals surface area contributed by atoms with E-state index in [0.29, 0.717) is 10.0 Å². The Morgan fingerprint density at radius 1 is 1.12 bits per heavy atom.